The maximum Gasteiger partial charge on any atom is 0.320 e. The zero-order valence-corrected chi connectivity index (χ0v) is 15.0. The summed E-state index contributed by atoms with van der Waals surface area (Å²) in [5.74, 6) is -0.903. The Bertz CT molecular complexity index is 757. The molecule has 0 heterocycles. The second-order valence-corrected chi connectivity index (χ2v) is 9.27. The van der Waals surface area contributed by atoms with Gasteiger partial charge < -0.3 is 22.0 Å². The molecule has 1 aliphatic rings. The van der Waals surface area contributed by atoms with E-state index >= 15 is 0 Å². The van der Waals surface area contributed by atoms with Crippen molar-refractivity contribution in [2.75, 3.05) is 17.2 Å². The number of nitrogens with one attached hydrogen (secondary N) is 2. The summed E-state index contributed by atoms with van der Waals surface area (Å²) in [5.41, 5.74) is 13.5. The summed E-state index contributed by atoms with van der Waals surface area (Å²) in [5, 5.41) is 16.2. The maximum atomic E-state index is 12.5. The molecule has 0 bridgehead atoms. The number of aliphatic carboxylic acids is 1. The highest BCUT2D eigenvalue weighted by Crippen LogP contribution is 2.47. The van der Waals surface area contributed by atoms with Gasteiger partial charge in [0.2, 0.25) is 0 Å². The van der Waals surface area contributed by atoms with Crippen LogP contribution in [0.4, 0.5) is 5.69 Å². The van der Waals surface area contributed by atoms with Gasteiger partial charge >= 0.3 is 5.97 Å². The maximum absolute atomic E-state index is 12.5. The highest BCUT2D eigenvalue weighted by Gasteiger charge is 2.39. The Morgan fingerprint density at radius 2 is 2.08 bits per heavy atom. The Labute approximate surface area is 148 Å². The molecule has 8 heteroatoms. The van der Waals surface area contributed by atoms with Gasteiger partial charge in [0.15, 0.2) is 0 Å². The molecule has 0 amide bonds. The van der Waals surface area contributed by atoms with E-state index in [0.717, 1.165) is 24.8 Å². The normalized spacial score (nSPS) is 19.4. The van der Waals surface area contributed by atoms with E-state index in [9.17, 15) is 9.00 Å². The largest absolute Gasteiger partial charge is 0.480 e. The molecule has 0 aromatic heterocycles. The van der Waals surface area contributed by atoms with Gasteiger partial charge in [-0.25, -0.2) is 4.21 Å². The molecule has 1 fully saturated rings. The van der Waals surface area contributed by atoms with Crippen LogP contribution in [-0.2, 0) is 19.9 Å². The van der Waals surface area contributed by atoms with Crippen molar-refractivity contribution in [2.24, 2.45) is 5.73 Å². The fourth-order valence-electron chi connectivity index (χ4n) is 3.22. The van der Waals surface area contributed by atoms with Gasteiger partial charge in [0, 0.05) is 38.7 Å². The molecular weight excluding hydrogens is 340 g/mol. The molecule has 1 unspecified atom stereocenters. The molecule has 2 atom stereocenters. The average Bonchev–Trinajstić information content (AvgIpc) is 2.52. The minimum absolute atomic E-state index is 0.00400. The number of carboxylic acid groups (broad SMARTS) is 1. The van der Waals surface area contributed by atoms with Gasteiger partial charge in [-0.05, 0) is 48.8 Å². The molecule has 7 nitrogen and oxygen atoms in total. The first kappa shape index (κ1) is 19.4. The second-order valence-electron chi connectivity index (χ2n) is 6.83. The zero-order valence-electron chi connectivity index (χ0n) is 14.2. The minimum Gasteiger partial charge on any atom is -0.480 e. The van der Waals surface area contributed by atoms with E-state index in [-0.39, 0.29) is 23.3 Å². The van der Waals surface area contributed by atoms with Crippen LogP contribution in [0.3, 0.4) is 0 Å². The predicted octanol–water partition coefficient (Wildman–Crippen LogP) is 1.93. The van der Waals surface area contributed by atoms with Crippen molar-refractivity contribution in [1.82, 2.24) is 0 Å². The summed E-state index contributed by atoms with van der Waals surface area (Å²) >= 11 is 0. The van der Waals surface area contributed by atoms with Gasteiger partial charge in [0.1, 0.15) is 6.04 Å². The van der Waals surface area contributed by atoms with Gasteiger partial charge in [-0.1, -0.05) is 12.5 Å². The molecule has 2 rings (SSSR count). The highest BCUT2D eigenvalue weighted by molar-refractivity contribution is 7.92. The monoisotopic (exact) mass is 366 g/mol. The Hall–Kier alpha value is -1.93. The van der Waals surface area contributed by atoms with Crippen LogP contribution in [-0.4, -0.2) is 39.0 Å². The highest BCUT2D eigenvalue weighted by atomic mass is 32.2. The topological polar surface area (TPSA) is 154 Å². The number of carboxylic acids is 1. The molecule has 1 saturated carbocycles. The summed E-state index contributed by atoms with van der Waals surface area (Å²) in [4.78, 5) is 10.8. The van der Waals surface area contributed by atoms with Crippen LogP contribution in [0.15, 0.2) is 18.2 Å². The molecule has 25 heavy (non-hydrogen) atoms. The van der Waals surface area contributed by atoms with Crippen LogP contribution in [0.5, 0.6) is 0 Å². The van der Waals surface area contributed by atoms with Crippen LogP contribution in [0.25, 0.3) is 0 Å². The Kier molecular flexibility index (Phi) is 5.84. The number of hydrogen-bond acceptors (Lipinski definition) is 6. The van der Waals surface area contributed by atoms with Gasteiger partial charge in [0.05, 0.1) is 0 Å². The van der Waals surface area contributed by atoms with Crippen LogP contribution in [0.2, 0.25) is 0 Å². The fraction of sp³-hybridized carbons (Fsp3) is 0.529. The first-order valence-electron chi connectivity index (χ1n) is 8.32. The Morgan fingerprint density at radius 3 is 2.60 bits per heavy atom. The van der Waals surface area contributed by atoms with Crippen LogP contribution >= 0.6 is 0 Å². The quantitative estimate of drug-likeness (QED) is 0.334. The fourth-order valence-corrected chi connectivity index (χ4v) is 4.78. The number of nitrogen functional groups attached to an aromatic ring is 1. The van der Waals surface area contributed by atoms with Gasteiger partial charge in [-0.2, -0.15) is 0 Å². The lowest BCUT2D eigenvalue weighted by Crippen LogP contribution is -2.37. The van der Waals surface area contributed by atoms with Crippen molar-refractivity contribution in [1.29, 1.82) is 10.2 Å². The van der Waals surface area contributed by atoms with E-state index in [2.05, 4.69) is 0 Å². The number of hydrogen-bond donors (Lipinski definition) is 5. The molecular formula is C17H26N4O3S. The number of carbonyl (C=O) groups is 1. The van der Waals surface area contributed by atoms with Crippen LogP contribution in [0, 0.1) is 10.2 Å². The molecule has 0 aliphatic heterocycles. The molecule has 138 valence electrons. The van der Waals surface area contributed by atoms with Crippen molar-refractivity contribution in [2.45, 2.75) is 43.6 Å². The summed E-state index contributed by atoms with van der Waals surface area (Å²) in [7, 11) is -2.86. The van der Waals surface area contributed by atoms with Crippen LogP contribution in [0.1, 0.15) is 43.2 Å². The van der Waals surface area contributed by atoms with Crippen molar-refractivity contribution < 1.29 is 14.1 Å². The van der Waals surface area contributed by atoms with E-state index in [1.54, 1.807) is 6.07 Å². The number of nitrogens with two attached hydrogens (primary N) is 2. The average molecular weight is 366 g/mol. The summed E-state index contributed by atoms with van der Waals surface area (Å²) in [6.07, 6.45) is 4.88. The first-order chi connectivity index (χ1) is 11.7. The van der Waals surface area contributed by atoms with E-state index < -0.39 is 21.7 Å². The van der Waals surface area contributed by atoms with Crippen LogP contribution < -0.4 is 11.5 Å². The predicted molar refractivity (Wildman–Crippen MR) is 99.7 cm³/mol. The molecule has 0 spiro atoms. The standard InChI is InChI=1S/C17H26N4O3S/c18-11-12-10-13(2-3-14(12)19)17(5-1-6-17)7-9-25(21,24)8-4-15(20)16(22)23/h2-3,10-11,15,18,21H,1,4-9,19-20H2,(H,22,23)/t15-,25?/m0/s1. The third kappa shape index (κ3) is 4.58. The lowest BCUT2D eigenvalue weighted by atomic mass is 9.62. The molecule has 1 aromatic carbocycles. The second kappa shape index (κ2) is 7.53. The van der Waals surface area contributed by atoms with Gasteiger partial charge in [0.25, 0.3) is 0 Å². The Balaban J connectivity index is 2.06. The molecule has 0 radical (unpaired) electrons. The molecule has 1 aliphatic carbocycles. The van der Waals surface area contributed by atoms with E-state index in [1.807, 2.05) is 12.1 Å². The molecule has 7 N–H and O–H groups in total. The number of anilines is 1. The van der Waals surface area contributed by atoms with Gasteiger partial charge in [-0.3, -0.25) is 9.57 Å². The summed E-state index contributed by atoms with van der Waals surface area (Å²) in [6, 6.07) is 4.58. The lowest BCUT2D eigenvalue weighted by molar-refractivity contribution is -0.138. The smallest absolute Gasteiger partial charge is 0.320 e. The number of benzene rings is 1. The van der Waals surface area contributed by atoms with Crippen molar-refractivity contribution in [3.63, 3.8) is 0 Å². The van der Waals surface area contributed by atoms with Gasteiger partial charge in [-0.15, -0.1) is 0 Å². The summed E-state index contributed by atoms with van der Waals surface area (Å²) < 4.78 is 20.5. The lowest BCUT2D eigenvalue weighted by Gasteiger charge is -2.43. The molecule has 1 aromatic rings. The molecule has 0 saturated heterocycles. The zero-order chi connectivity index (χ0) is 18.7. The summed E-state index contributed by atoms with van der Waals surface area (Å²) in [6.45, 7) is 0. The van der Waals surface area contributed by atoms with E-state index in [1.165, 1.54) is 6.21 Å². The Morgan fingerprint density at radius 1 is 1.40 bits per heavy atom. The van der Waals surface area contributed by atoms with Crippen molar-refractivity contribution in [3.8, 4) is 0 Å². The third-order valence-corrected chi connectivity index (χ3v) is 6.91. The van der Waals surface area contributed by atoms with E-state index in [0.29, 0.717) is 17.7 Å². The minimum atomic E-state index is -2.86. The number of rotatable bonds is 9. The first-order valence-corrected chi connectivity index (χ1v) is 10.2. The third-order valence-electron chi connectivity index (χ3n) is 5.15. The SMILES string of the molecule is N=Cc1cc(C2(CCS(=N)(=O)CC[C@H](N)C(=O)O)CCC2)ccc1N. The van der Waals surface area contributed by atoms with Crippen molar-refractivity contribution in [3.05, 3.63) is 29.3 Å². The van der Waals surface area contributed by atoms with E-state index in [4.69, 9.17) is 26.8 Å². The van der Waals surface area contributed by atoms with Crippen molar-refractivity contribution >= 4 is 27.6 Å².